The smallest absolute Gasteiger partial charge is 0.0546 e. The van der Waals surface area contributed by atoms with Crippen LogP contribution >= 0.6 is 0 Å². The first-order valence-electron chi connectivity index (χ1n) is 16.8. The standard InChI is InChI=1S/C47H35N/c1-47(2)43-26-14-25-40(39-24-13-20-32-17-11-12-23-38(32)39)46(43)41-28-27-37(31-44(41)47)48(36-21-7-4-8-22-36)45-30-35-19-10-9-18-34(35)29-42(45)33-15-5-3-6-16-33/h3-31H,1-2H3. The predicted molar refractivity (Wildman–Crippen MR) is 205 cm³/mol. The summed E-state index contributed by atoms with van der Waals surface area (Å²) in [5.41, 5.74) is 13.7. The molecule has 0 radical (unpaired) electrons. The lowest BCUT2D eigenvalue weighted by molar-refractivity contribution is 0.660. The summed E-state index contributed by atoms with van der Waals surface area (Å²) in [6.45, 7) is 4.76. The number of hydrogen-bond acceptors (Lipinski definition) is 1. The Bertz CT molecular complexity index is 2470. The first kappa shape index (κ1) is 28.3. The number of nitrogens with zero attached hydrogens (tertiary/aromatic N) is 1. The quantitative estimate of drug-likeness (QED) is 0.187. The lowest BCUT2D eigenvalue weighted by atomic mass is 9.81. The maximum atomic E-state index is 2.44. The highest BCUT2D eigenvalue weighted by Crippen LogP contribution is 2.54. The Balaban J connectivity index is 1.28. The molecule has 0 atom stereocenters. The molecule has 0 aromatic heterocycles. The van der Waals surface area contributed by atoms with Crippen LogP contribution in [0.3, 0.4) is 0 Å². The molecular formula is C47H35N. The molecule has 0 amide bonds. The van der Waals surface area contributed by atoms with Crippen LogP contribution in [0.2, 0.25) is 0 Å². The number of benzene rings is 8. The van der Waals surface area contributed by atoms with Gasteiger partial charge in [-0.3, -0.25) is 0 Å². The minimum atomic E-state index is -0.171. The van der Waals surface area contributed by atoms with Gasteiger partial charge >= 0.3 is 0 Å². The zero-order chi connectivity index (χ0) is 32.2. The van der Waals surface area contributed by atoms with Gasteiger partial charge in [0.05, 0.1) is 5.69 Å². The van der Waals surface area contributed by atoms with Crippen LogP contribution in [0.15, 0.2) is 176 Å². The molecule has 8 aromatic carbocycles. The SMILES string of the molecule is CC1(C)c2cc(N(c3ccccc3)c3cc4ccccc4cc3-c3ccccc3)ccc2-c2c(-c3cccc4ccccc34)cccc21. The summed E-state index contributed by atoms with van der Waals surface area (Å²) in [6, 6.07) is 64.4. The van der Waals surface area contributed by atoms with Gasteiger partial charge in [-0.25, -0.2) is 0 Å². The molecule has 1 aliphatic carbocycles. The molecule has 0 unspecified atom stereocenters. The van der Waals surface area contributed by atoms with Crippen molar-refractivity contribution in [1.82, 2.24) is 0 Å². The Hall–Kier alpha value is -5.92. The second-order valence-corrected chi connectivity index (χ2v) is 13.4. The summed E-state index contributed by atoms with van der Waals surface area (Å²) in [6.07, 6.45) is 0. The normalized spacial score (nSPS) is 13.0. The molecule has 0 fully saturated rings. The van der Waals surface area contributed by atoms with Crippen LogP contribution in [0.4, 0.5) is 17.1 Å². The monoisotopic (exact) mass is 613 g/mol. The van der Waals surface area contributed by atoms with Gasteiger partial charge in [-0.2, -0.15) is 0 Å². The molecule has 1 nitrogen and oxygen atoms in total. The van der Waals surface area contributed by atoms with Crippen LogP contribution in [0.1, 0.15) is 25.0 Å². The maximum Gasteiger partial charge on any atom is 0.0546 e. The molecule has 0 spiro atoms. The second kappa shape index (κ2) is 11.1. The Morgan fingerprint density at radius 2 is 1.02 bits per heavy atom. The van der Waals surface area contributed by atoms with Gasteiger partial charge in [0.1, 0.15) is 0 Å². The summed E-state index contributed by atoms with van der Waals surface area (Å²) in [4.78, 5) is 2.44. The third-order valence-electron chi connectivity index (χ3n) is 10.2. The topological polar surface area (TPSA) is 3.24 Å². The first-order chi connectivity index (χ1) is 23.6. The molecule has 1 aliphatic rings. The summed E-state index contributed by atoms with van der Waals surface area (Å²) < 4.78 is 0. The van der Waals surface area contributed by atoms with Gasteiger partial charge in [0.15, 0.2) is 0 Å². The van der Waals surface area contributed by atoms with Crippen molar-refractivity contribution >= 4 is 38.6 Å². The van der Waals surface area contributed by atoms with Crippen molar-refractivity contribution in [3.8, 4) is 33.4 Å². The Kier molecular flexibility index (Phi) is 6.55. The minimum Gasteiger partial charge on any atom is -0.310 e. The number of fused-ring (bicyclic) bond motifs is 5. The molecule has 8 aromatic rings. The lowest BCUT2D eigenvalue weighted by Gasteiger charge is -2.30. The summed E-state index contributed by atoms with van der Waals surface area (Å²) in [5.74, 6) is 0. The molecule has 1 heteroatoms. The van der Waals surface area contributed by atoms with E-state index in [1.165, 1.54) is 66.1 Å². The number of hydrogen-bond donors (Lipinski definition) is 0. The highest BCUT2D eigenvalue weighted by molar-refractivity contribution is 6.04. The fourth-order valence-corrected chi connectivity index (χ4v) is 7.87. The van der Waals surface area contributed by atoms with E-state index < -0.39 is 0 Å². The van der Waals surface area contributed by atoms with Crippen LogP contribution in [-0.2, 0) is 5.41 Å². The average molecular weight is 614 g/mol. The molecule has 0 N–H and O–H groups in total. The van der Waals surface area contributed by atoms with Gasteiger partial charge in [0, 0.05) is 22.4 Å². The molecule has 0 aliphatic heterocycles. The van der Waals surface area contributed by atoms with Crippen LogP contribution in [0.25, 0.3) is 54.9 Å². The number of anilines is 3. The highest BCUT2D eigenvalue weighted by Gasteiger charge is 2.37. The molecule has 228 valence electrons. The average Bonchev–Trinajstić information content (AvgIpc) is 3.38. The molecular weight excluding hydrogens is 579 g/mol. The van der Waals surface area contributed by atoms with Crippen molar-refractivity contribution in [1.29, 1.82) is 0 Å². The van der Waals surface area contributed by atoms with E-state index in [1.54, 1.807) is 0 Å². The summed E-state index contributed by atoms with van der Waals surface area (Å²) in [5, 5.41) is 5.01. The fraction of sp³-hybridized carbons (Fsp3) is 0.0638. The van der Waals surface area contributed by atoms with Gasteiger partial charge in [-0.15, -0.1) is 0 Å². The third kappa shape index (κ3) is 4.47. The molecule has 9 rings (SSSR count). The van der Waals surface area contributed by atoms with E-state index in [0.717, 1.165) is 17.1 Å². The van der Waals surface area contributed by atoms with Gasteiger partial charge in [-0.1, -0.05) is 153 Å². The van der Waals surface area contributed by atoms with Crippen LogP contribution in [-0.4, -0.2) is 0 Å². The van der Waals surface area contributed by atoms with E-state index in [-0.39, 0.29) is 5.41 Å². The lowest BCUT2D eigenvalue weighted by Crippen LogP contribution is -2.17. The number of para-hydroxylation sites is 1. The fourth-order valence-electron chi connectivity index (χ4n) is 7.87. The van der Waals surface area contributed by atoms with Crippen molar-refractivity contribution in [2.75, 3.05) is 4.90 Å². The third-order valence-corrected chi connectivity index (χ3v) is 10.2. The summed E-state index contributed by atoms with van der Waals surface area (Å²) >= 11 is 0. The minimum absolute atomic E-state index is 0.171. The first-order valence-corrected chi connectivity index (χ1v) is 16.8. The maximum absolute atomic E-state index is 2.44. The van der Waals surface area contributed by atoms with Gasteiger partial charge in [-0.05, 0) is 96.9 Å². The zero-order valence-corrected chi connectivity index (χ0v) is 27.2. The van der Waals surface area contributed by atoms with Crippen LogP contribution in [0.5, 0.6) is 0 Å². The van der Waals surface area contributed by atoms with E-state index >= 15 is 0 Å². The Morgan fingerprint density at radius 1 is 0.396 bits per heavy atom. The zero-order valence-electron chi connectivity index (χ0n) is 27.2. The second-order valence-electron chi connectivity index (χ2n) is 13.4. The number of rotatable bonds is 5. The molecule has 0 heterocycles. The Morgan fingerprint density at radius 3 is 1.81 bits per heavy atom. The van der Waals surface area contributed by atoms with Crippen molar-refractivity contribution in [3.05, 3.63) is 187 Å². The Labute approximate surface area is 282 Å². The van der Waals surface area contributed by atoms with Crippen LogP contribution < -0.4 is 4.90 Å². The molecule has 0 saturated carbocycles. The van der Waals surface area contributed by atoms with Crippen molar-refractivity contribution in [3.63, 3.8) is 0 Å². The van der Waals surface area contributed by atoms with Crippen molar-refractivity contribution < 1.29 is 0 Å². The van der Waals surface area contributed by atoms with E-state index in [1.807, 2.05) is 0 Å². The predicted octanol–water partition coefficient (Wildman–Crippen LogP) is 13.1. The summed E-state index contributed by atoms with van der Waals surface area (Å²) in [7, 11) is 0. The van der Waals surface area contributed by atoms with Crippen molar-refractivity contribution in [2.45, 2.75) is 19.3 Å². The largest absolute Gasteiger partial charge is 0.310 e. The van der Waals surface area contributed by atoms with Crippen LogP contribution in [0, 0.1) is 0 Å². The highest BCUT2D eigenvalue weighted by atomic mass is 15.1. The molecule has 0 saturated heterocycles. The van der Waals surface area contributed by atoms with E-state index in [2.05, 4.69) is 195 Å². The van der Waals surface area contributed by atoms with Gasteiger partial charge in [0.2, 0.25) is 0 Å². The van der Waals surface area contributed by atoms with E-state index in [9.17, 15) is 0 Å². The van der Waals surface area contributed by atoms with E-state index in [0.29, 0.717) is 0 Å². The van der Waals surface area contributed by atoms with E-state index in [4.69, 9.17) is 0 Å². The van der Waals surface area contributed by atoms with Gasteiger partial charge < -0.3 is 4.90 Å². The molecule has 48 heavy (non-hydrogen) atoms. The van der Waals surface area contributed by atoms with Gasteiger partial charge in [0.25, 0.3) is 0 Å². The molecule has 0 bridgehead atoms. The van der Waals surface area contributed by atoms with Crippen molar-refractivity contribution in [2.24, 2.45) is 0 Å².